The molecule has 0 radical (unpaired) electrons. The van der Waals surface area contributed by atoms with Crippen molar-refractivity contribution < 1.29 is 13.9 Å². The molecule has 0 aliphatic heterocycles. The fourth-order valence-electron chi connectivity index (χ4n) is 0.179. The van der Waals surface area contributed by atoms with E-state index in [0.717, 1.165) is 6.92 Å². The number of alkyl halides is 2. The van der Waals surface area contributed by atoms with Gasteiger partial charge in [0, 0.05) is 13.5 Å². The molecule has 0 aromatic carbocycles. The van der Waals surface area contributed by atoms with E-state index in [0.29, 0.717) is 6.92 Å². The van der Waals surface area contributed by atoms with Crippen molar-refractivity contribution in [3.05, 3.63) is 0 Å². The maximum atomic E-state index is 12.2. The lowest BCUT2D eigenvalue weighted by molar-refractivity contribution is -0.152. The molecule has 0 aromatic rings. The zero-order valence-corrected chi connectivity index (χ0v) is 5.49. The molecule has 56 valence electrons. The first-order valence-corrected chi connectivity index (χ1v) is 2.61. The summed E-state index contributed by atoms with van der Waals surface area (Å²) in [7, 11) is 0. The highest BCUT2D eigenvalue weighted by molar-refractivity contribution is 4.85. The van der Waals surface area contributed by atoms with E-state index in [1.54, 1.807) is 0 Å². The minimum Gasteiger partial charge on any atom is -0.383 e. The molecule has 0 bridgehead atoms. The summed E-state index contributed by atoms with van der Waals surface area (Å²) in [5.41, 5.74) is 2.79. The standard InChI is InChI=1S/C5H11F2NO/c1-4(9,3-8)5(2,6)7/h9H,3,8H2,1-2H3/t4-/m0/s1. The number of halogens is 2. The van der Waals surface area contributed by atoms with Gasteiger partial charge in [-0.3, -0.25) is 0 Å². The predicted octanol–water partition coefficient (Wildman–Crippen LogP) is 0.351. The quantitative estimate of drug-likeness (QED) is 0.580. The zero-order chi connectivity index (χ0) is 7.71. The van der Waals surface area contributed by atoms with E-state index in [9.17, 15) is 8.78 Å². The first-order valence-electron chi connectivity index (χ1n) is 2.61. The number of nitrogens with two attached hydrogens (primary N) is 1. The predicted molar refractivity (Wildman–Crippen MR) is 30.3 cm³/mol. The lowest BCUT2D eigenvalue weighted by Gasteiger charge is -2.27. The van der Waals surface area contributed by atoms with Crippen LogP contribution in [0, 0.1) is 0 Å². The Bertz CT molecular complexity index is 97.6. The zero-order valence-electron chi connectivity index (χ0n) is 5.49. The van der Waals surface area contributed by atoms with Crippen molar-refractivity contribution in [2.75, 3.05) is 6.54 Å². The van der Waals surface area contributed by atoms with Crippen molar-refractivity contribution in [1.29, 1.82) is 0 Å². The molecule has 0 rings (SSSR count). The summed E-state index contributed by atoms with van der Waals surface area (Å²) in [5.74, 6) is -3.12. The van der Waals surface area contributed by atoms with Gasteiger partial charge in [0.1, 0.15) is 5.60 Å². The van der Waals surface area contributed by atoms with Crippen LogP contribution in [0.3, 0.4) is 0 Å². The normalized spacial score (nSPS) is 19.3. The Morgan fingerprint density at radius 2 is 1.78 bits per heavy atom. The molecule has 0 saturated heterocycles. The van der Waals surface area contributed by atoms with Crippen LogP contribution in [0.25, 0.3) is 0 Å². The lowest BCUT2D eigenvalue weighted by atomic mass is 10.0. The highest BCUT2D eigenvalue weighted by Crippen LogP contribution is 2.26. The molecule has 0 fully saturated rings. The third-order valence-corrected chi connectivity index (χ3v) is 1.34. The van der Waals surface area contributed by atoms with Crippen LogP contribution in [-0.2, 0) is 0 Å². The fourth-order valence-corrected chi connectivity index (χ4v) is 0.179. The van der Waals surface area contributed by atoms with Gasteiger partial charge in [0.15, 0.2) is 0 Å². The molecular formula is C5H11F2NO. The second-order valence-corrected chi connectivity index (χ2v) is 2.37. The average molecular weight is 139 g/mol. The monoisotopic (exact) mass is 139 g/mol. The summed E-state index contributed by atoms with van der Waals surface area (Å²) < 4.78 is 24.3. The van der Waals surface area contributed by atoms with Crippen molar-refractivity contribution in [3.63, 3.8) is 0 Å². The third-order valence-electron chi connectivity index (χ3n) is 1.34. The van der Waals surface area contributed by atoms with E-state index < -0.39 is 18.1 Å². The molecule has 0 amide bonds. The second-order valence-electron chi connectivity index (χ2n) is 2.37. The smallest absolute Gasteiger partial charge is 0.274 e. The van der Waals surface area contributed by atoms with Gasteiger partial charge in [-0.05, 0) is 6.92 Å². The largest absolute Gasteiger partial charge is 0.383 e. The van der Waals surface area contributed by atoms with E-state index in [2.05, 4.69) is 0 Å². The average Bonchev–Trinajstić information content (AvgIpc) is 1.64. The Morgan fingerprint density at radius 1 is 1.44 bits per heavy atom. The van der Waals surface area contributed by atoms with E-state index in [1.807, 2.05) is 0 Å². The van der Waals surface area contributed by atoms with Crippen molar-refractivity contribution in [2.24, 2.45) is 5.73 Å². The molecule has 0 spiro atoms. The van der Waals surface area contributed by atoms with Gasteiger partial charge in [-0.1, -0.05) is 0 Å². The van der Waals surface area contributed by atoms with Gasteiger partial charge < -0.3 is 10.8 Å². The molecule has 9 heavy (non-hydrogen) atoms. The van der Waals surface area contributed by atoms with Crippen molar-refractivity contribution in [2.45, 2.75) is 25.4 Å². The maximum absolute atomic E-state index is 12.2. The third kappa shape index (κ3) is 1.87. The van der Waals surface area contributed by atoms with Crippen molar-refractivity contribution >= 4 is 0 Å². The molecule has 3 N–H and O–H groups in total. The SMILES string of the molecule is CC(F)(F)[C@@](C)(O)CN. The molecule has 2 nitrogen and oxygen atoms in total. The fraction of sp³-hybridized carbons (Fsp3) is 1.00. The Labute approximate surface area is 52.7 Å². The van der Waals surface area contributed by atoms with E-state index in [-0.39, 0.29) is 0 Å². The number of hydrogen-bond donors (Lipinski definition) is 2. The van der Waals surface area contributed by atoms with Crippen molar-refractivity contribution in [3.8, 4) is 0 Å². The Balaban J connectivity index is 4.14. The van der Waals surface area contributed by atoms with E-state index in [1.165, 1.54) is 0 Å². The van der Waals surface area contributed by atoms with Crippen molar-refractivity contribution in [1.82, 2.24) is 0 Å². The topological polar surface area (TPSA) is 46.2 Å². The summed E-state index contributed by atoms with van der Waals surface area (Å²) in [6.07, 6.45) is 0. The van der Waals surface area contributed by atoms with Gasteiger partial charge in [0.2, 0.25) is 0 Å². The Hall–Kier alpha value is -0.220. The summed E-state index contributed by atoms with van der Waals surface area (Å²) >= 11 is 0. The van der Waals surface area contributed by atoms with Gasteiger partial charge >= 0.3 is 0 Å². The molecule has 0 aliphatic rings. The van der Waals surface area contributed by atoms with Gasteiger partial charge in [-0.2, -0.15) is 0 Å². The molecule has 0 aliphatic carbocycles. The Morgan fingerprint density at radius 3 is 1.78 bits per heavy atom. The van der Waals surface area contributed by atoms with Gasteiger partial charge in [0.05, 0.1) is 0 Å². The van der Waals surface area contributed by atoms with Crippen LogP contribution in [0.4, 0.5) is 8.78 Å². The minimum absolute atomic E-state index is 0.434. The summed E-state index contributed by atoms with van der Waals surface area (Å²) in [6.45, 7) is 1.21. The first-order chi connectivity index (χ1) is 3.81. The molecule has 0 heterocycles. The van der Waals surface area contributed by atoms with Crippen LogP contribution in [0.5, 0.6) is 0 Å². The number of rotatable bonds is 2. The van der Waals surface area contributed by atoms with Crippen LogP contribution in [0.2, 0.25) is 0 Å². The summed E-state index contributed by atoms with van der Waals surface area (Å²) in [5, 5.41) is 8.78. The molecule has 1 atom stereocenters. The maximum Gasteiger partial charge on any atom is 0.274 e. The van der Waals surface area contributed by atoms with Gasteiger partial charge in [-0.25, -0.2) is 8.78 Å². The highest BCUT2D eigenvalue weighted by Gasteiger charge is 2.43. The Kier molecular flexibility index (Phi) is 2.14. The molecule has 0 unspecified atom stereocenters. The minimum atomic E-state index is -3.12. The molecule has 4 heteroatoms. The van der Waals surface area contributed by atoms with Crippen LogP contribution in [0.1, 0.15) is 13.8 Å². The molecular weight excluding hydrogens is 128 g/mol. The van der Waals surface area contributed by atoms with Gasteiger partial charge in [0.25, 0.3) is 5.92 Å². The van der Waals surface area contributed by atoms with Crippen LogP contribution in [0.15, 0.2) is 0 Å². The number of aliphatic hydroxyl groups is 1. The number of hydrogen-bond acceptors (Lipinski definition) is 2. The van der Waals surface area contributed by atoms with Gasteiger partial charge in [-0.15, -0.1) is 0 Å². The molecule has 0 aromatic heterocycles. The first kappa shape index (κ1) is 8.78. The molecule has 0 saturated carbocycles. The summed E-state index contributed by atoms with van der Waals surface area (Å²) in [4.78, 5) is 0. The summed E-state index contributed by atoms with van der Waals surface area (Å²) in [6, 6.07) is 0. The van der Waals surface area contributed by atoms with Crippen LogP contribution < -0.4 is 5.73 Å². The van der Waals surface area contributed by atoms with E-state index >= 15 is 0 Å². The second kappa shape index (κ2) is 2.19. The van der Waals surface area contributed by atoms with E-state index in [4.69, 9.17) is 10.8 Å². The highest BCUT2D eigenvalue weighted by atomic mass is 19.3. The lowest BCUT2D eigenvalue weighted by Crippen LogP contribution is -2.49. The van der Waals surface area contributed by atoms with Crippen LogP contribution in [-0.4, -0.2) is 23.2 Å². The van der Waals surface area contributed by atoms with Crippen LogP contribution >= 0.6 is 0 Å².